The Morgan fingerprint density at radius 2 is 2.07 bits per heavy atom. The zero-order valence-corrected chi connectivity index (χ0v) is 17.9. The first-order valence-corrected chi connectivity index (χ1v) is 10.8. The number of hydrogen-bond donors (Lipinski definition) is 0. The zero-order chi connectivity index (χ0) is 20.8. The van der Waals surface area contributed by atoms with Crippen molar-refractivity contribution in [2.24, 2.45) is 0 Å². The van der Waals surface area contributed by atoms with Crippen LogP contribution >= 0.6 is 11.3 Å². The number of benzene rings is 1. The summed E-state index contributed by atoms with van der Waals surface area (Å²) in [6, 6.07) is 9.86. The van der Waals surface area contributed by atoms with E-state index in [1.54, 1.807) is 29.2 Å². The van der Waals surface area contributed by atoms with E-state index in [4.69, 9.17) is 4.74 Å². The number of amides is 2. The van der Waals surface area contributed by atoms with E-state index in [1.807, 2.05) is 36.1 Å². The van der Waals surface area contributed by atoms with Gasteiger partial charge in [-0.25, -0.2) is 0 Å². The normalized spacial score (nSPS) is 15.5. The maximum Gasteiger partial charge on any atom is 0.242 e. The number of carbonyl (C=O) groups excluding carboxylic acids is 2. The summed E-state index contributed by atoms with van der Waals surface area (Å²) >= 11 is 1.73. The van der Waals surface area contributed by atoms with Crippen LogP contribution in [0.5, 0.6) is 5.75 Å². The van der Waals surface area contributed by atoms with Gasteiger partial charge in [0.15, 0.2) is 0 Å². The molecule has 1 aromatic carbocycles. The molecule has 1 aliphatic rings. The van der Waals surface area contributed by atoms with Crippen molar-refractivity contribution >= 4 is 23.2 Å². The molecule has 2 amide bonds. The van der Waals surface area contributed by atoms with E-state index in [2.05, 4.69) is 18.0 Å². The summed E-state index contributed by atoms with van der Waals surface area (Å²) in [7, 11) is 0. The van der Waals surface area contributed by atoms with E-state index in [0.717, 1.165) is 17.7 Å². The number of aryl methyl sites for hydroxylation is 1. The van der Waals surface area contributed by atoms with Gasteiger partial charge in [-0.15, -0.1) is 17.9 Å². The largest absolute Gasteiger partial charge is 0.491 e. The standard InChI is InChI=1S/C23H28N2O3S/c1-4-12-24(22(26)5-2)15-23(27)25-13-10-21-19(11-14-29-21)20(25)16-28-18-8-6-17(3)7-9-18/h4,6-9,11,14,20H,1,5,10,12-13,15-16H2,2-3H3. The molecule has 2 heterocycles. The van der Waals surface area contributed by atoms with Crippen molar-refractivity contribution in [1.82, 2.24) is 9.80 Å². The van der Waals surface area contributed by atoms with Crippen LogP contribution in [0.2, 0.25) is 0 Å². The molecular weight excluding hydrogens is 384 g/mol. The number of carbonyl (C=O) groups is 2. The van der Waals surface area contributed by atoms with Crippen LogP contribution in [-0.4, -0.2) is 47.9 Å². The third-order valence-corrected chi connectivity index (χ3v) is 6.17. The summed E-state index contributed by atoms with van der Waals surface area (Å²) in [6.45, 7) is 9.02. The Bertz CT molecular complexity index is 859. The van der Waals surface area contributed by atoms with Crippen molar-refractivity contribution < 1.29 is 14.3 Å². The molecule has 1 aromatic heterocycles. The maximum atomic E-state index is 13.1. The number of hydrogen-bond acceptors (Lipinski definition) is 4. The van der Waals surface area contributed by atoms with Gasteiger partial charge in [-0.3, -0.25) is 9.59 Å². The molecule has 0 N–H and O–H groups in total. The van der Waals surface area contributed by atoms with Gasteiger partial charge in [-0.1, -0.05) is 30.7 Å². The summed E-state index contributed by atoms with van der Waals surface area (Å²) < 4.78 is 6.04. The predicted molar refractivity (Wildman–Crippen MR) is 116 cm³/mol. The maximum absolute atomic E-state index is 13.1. The van der Waals surface area contributed by atoms with Gasteiger partial charge >= 0.3 is 0 Å². The average molecular weight is 413 g/mol. The Morgan fingerprint density at radius 1 is 1.31 bits per heavy atom. The first-order chi connectivity index (χ1) is 14.0. The van der Waals surface area contributed by atoms with Crippen LogP contribution in [0.3, 0.4) is 0 Å². The first-order valence-electron chi connectivity index (χ1n) is 9.97. The molecule has 1 aliphatic heterocycles. The van der Waals surface area contributed by atoms with E-state index in [9.17, 15) is 9.59 Å². The minimum Gasteiger partial charge on any atom is -0.491 e. The highest BCUT2D eigenvalue weighted by molar-refractivity contribution is 7.10. The minimum atomic E-state index is -0.152. The highest BCUT2D eigenvalue weighted by atomic mass is 32.1. The molecular formula is C23H28N2O3S. The average Bonchev–Trinajstić information content (AvgIpc) is 3.21. The fraction of sp³-hybridized carbons (Fsp3) is 0.391. The highest BCUT2D eigenvalue weighted by Gasteiger charge is 2.33. The van der Waals surface area contributed by atoms with Crippen LogP contribution in [0.4, 0.5) is 0 Å². The third-order valence-electron chi connectivity index (χ3n) is 5.17. The van der Waals surface area contributed by atoms with Gasteiger partial charge in [-0.05, 0) is 42.5 Å². The van der Waals surface area contributed by atoms with E-state index in [1.165, 1.54) is 10.4 Å². The number of nitrogens with zero attached hydrogens (tertiary/aromatic N) is 2. The van der Waals surface area contributed by atoms with Crippen LogP contribution in [0, 0.1) is 6.92 Å². The fourth-order valence-electron chi connectivity index (χ4n) is 3.57. The molecule has 3 rings (SSSR count). The summed E-state index contributed by atoms with van der Waals surface area (Å²) in [5.74, 6) is 0.696. The monoisotopic (exact) mass is 412 g/mol. The topological polar surface area (TPSA) is 49.9 Å². The Hall–Kier alpha value is -2.60. The fourth-order valence-corrected chi connectivity index (χ4v) is 4.50. The molecule has 1 atom stereocenters. The third kappa shape index (κ3) is 5.07. The molecule has 0 saturated carbocycles. The first kappa shape index (κ1) is 21.1. The molecule has 0 spiro atoms. The molecule has 0 saturated heterocycles. The van der Waals surface area contributed by atoms with Crippen molar-refractivity contribution in [3.05, 3.63) is 64.4 Å². The SMILES string of the molecule is C=CCN(CC(=O)N1CCc2sccc2C1COc1ccc(C)cc1)C(=O)CC. The van der Waals surface area contributed by atoms with Gasteiger partial charge in [0, 0.05) is 24.4 Å². The lowest BCUT2D eigenvalue weighted by Crippen LogP contribution is -2.47. The van der Waals surface area contributed by atoms with E-state index in [-0.39, 0.29) is 24.4 Å². The van der Waals surface area contributed by atoms with Gasteiger partial charge in [0.2, 0.25) is 11.8 Å². The van der Waals surface area contributed by atoms with Crippen LogP contribution in [-0.2, 0) is 16.0 Å². The van der Waals surface area contributed by atoms with Gasteiger partial charge in [0.1, 0.15) is 18.9 Å². The quantitative estimate of drug-likeness (QED) is 0.616. The molecule has 29 heavy (non-hydrogen) atoms. The lowest BCUT2D eigenvalue weighted by atomic mass is 10.0. The second-order valence-electron chi connectivity index (χ2n) is 7.19. The molecule has 6 heteroatoms. The molecule has 0 radical (unpaired) electrons. The van der Waals surface area contributed by atoms with Crippen LogP contribution < -0.4 is 4.74 Å². The smallest absolute Gasteiger partial charge is 0.242 e. The van der Waals surface area contributed by atoms with E-state index in [0.29, 0.717) is 26.1 Å². The van der Waals surface area contributed by atoms with Gasteiger partial charge in [-0.2, -0.15) is 0 Å². The van der Waals surface area contributed by atoms with Gasteiger partial charge in [0.25, 0.3) is 0 Å². The molecule has 0 bridgehead atoms. The van der Waals surface area contributed by atoms with Crippen molar-refractivity contribution in [2.45, 2.75) is 32.7 Å². The Balaban J connectivity index is 1.76. The summed E-state index contributed by atoms with van der Waals surface area (Å²) in [6.07, 6.45) is 2.87. The Morgan fingerprint density at radius 3 is 2.76 bits per heavy atom. The van der Waals surface area contributed by atoms with Crippen LogP contribution in [0.15, 0.2) is 48.4 Å². The zero-order valence-electron chi connectivity index (χ0n) is 17.1. The Kier molecular flexibility index (Phi) is 7.09. The second-order valence-corrected chi connectivity index (χ2v) is 8.19. The number of thiophene rings is 1. The van der Waals surface area contributed by atoms with Crippen LogP contribution in [0.1, 0.15) is 35.4 Å². The number of ether oxygens (including phenoxy) is 1. The minimum absolute atomic E-state index is 0.0427. The lowest BCUT2D eigenvalue weighted by molar-refractivity contribution is -0.142. The van der Waals surface area contributed by atoms with Crippen molar-refractivity contribution in [2.75, 3.05) is 26.2 Å². The van der Waals surface area contributed by atoms with E-state index >= 15 is 0 Å². The number of rotatable bonds is 8. The summed E-state index contributed by atoms with van der Waals surface area (Å²) in [4.78, 5) is 30.1. The van der Waals surface area contributed by atoms with E-state index < -0.39 is 0 Å². The molecule has 5 nitrogen and oxygen atoms in total. The highest BCUT2D eigenvalue weighted by Crippen LogP contribution is 2.34. The molecule has 0 aliphatic carbocycles. The van der Waals surface area contributed by atoms with Gasteiger partial charge < -0.3 is 14.5 Å². The molecule has 1 unspecified atom stereocenters. The lowest BCUT2D eigenvalue weighted by Gasteiger charge is -2.37. The second kappa shape index (κ2) is 9.74. The van der Waals surface area contributed by atoms with Gasteiger partial charge in [0.05, 0.1) is 6.04 Å². The molecule has 0 fully saturated rings. The van der Waals surface area contributed by atoms with Crippen molar-refractivity contribution in [3.63, 3.8) is 0 Å². The molecule has 2 aromatic rings. The predicted octanol–water partition coefficient (Wildman–Crippen LogP) is 3.99. The summed E-state index contributed by atoms with van der Waals surface area (Å²) in [5, 5.41) is 2.07. The van der Waals surface area contributed by atoms with Crippen molar-refractivity contribution in [1.29, 1.82) is 0 Å². The van der Waals surface area contributed by atoms with Crippen molar-refractivity contribution in [3.8, 4) is 5.75 Å². The Labute approximate surface area is 176 Å². The number of fused-ring (bicyclic) bond motifs is 1. The van der Waals surface area contributed by atoms with Crippen LogP contribution in [0.25, 0.3) is 0 Å². The summed E-state index contributed by atoms with van der Waals surface area (Å²) in [5.41, 5.74) is 2.33. The molecule has 154 valence electrons.